The van der Waals surface area contributed by atoms with Crippen molar-refractivity contribution >= 4 is 5.91 Å². The third-order valence-corrected chi connectivity index (χ3v) is 9.20. The maximum absolute atomic E-state index is 13.5. The van der Waals surface area contributed by atoms with Gasteiger partial charge in [0, 0.05) is 63.9 Å². The second-order valence-electron chi connectivity index (χ2n) is 12.2. The van der Waals surface area contributed by atoms with Crippen molar-refractivity contribution in [3.05, 3.63) is 77.4 Å². The number of carbonyl (C=O) groups is 1. The smallest absolute Gasteiger partial charge is 0.422 e. The molecule has 3 fully saturated rings. The molecule has 1 unspecified atom stereocenters. The minimum absolute atomic E-state index is 0.0110. The summed E-state index contributed by atoms with van der Waals surface area (Å²) in [4.78, 5) is 28.6. The lowest BCUT2D eigenvalue weighted by Gasteiger charge is -2.53. The van der Waals surface area contributed by atoms with Gasteiger partial charge in [0.25, 0.3) is 0 Å². The standard InChI is InChI=1S/C34H40F3N5O5/c1-44-30-27(31(39-33(38-30)45-2)47-22-34(35,36)37)19-40-17-26-18-41(32(43)25-13-16-46-21-25)14-15-42(26)28(20-40)29(23-9-5-3-6-10-23)24-11-7-4-8-12-24/h3-12,25-26,28-29H,13-22H2,1-2H3/t25?,26-,28+/m1/s1. The number of halogens is 3. The Morgan fingerprint density at radius 2 is 1.62 bits per heavy atom. The minimum Gasteiger partial charge on any atom is -0.481 e. The summed E-state index contributed by atoms with van der Waals surface area (Å²) in [6.45, 7) is 2.69. The number of amides is 1. The summed E-state index contributed by atoms with van der Waals surface area (Å²) < 4.78 is 61.2. The minimum atomic E-state index is -4.57. The molecule has 3 aliphatic heterocycles. The summed E-state index contributed by atoms with van der Waals surface area (Å²) in [5, 5.41) is 0. The number of carbonyl (C=O) groups excluding carboxylic acids is 1. The van der Waals surface area contributed by atoms with Crippen molar-refractivity contribution in [3.8, 4) is 17.8 Å². The van der Waals surface area contributed by atoms with Crippen LogP contribution < -0.4 is 14.2 Å². The van der Waals surface area contributed by atoms with Gasteiger partial charge in [0.15, 0.2) is 6.61 Å². The van der Waals surface area contributed by atoms with Gasteiger partial charge in [0.2, 0.25) is 17.7 Å². The van der Waals surface area contributed by atoms with Crippen LogP contribution in [0.15, 0.2) is 60.7 Å². The molecular weight excluding hydrogens is 615 g/mol. The van der Waals surface area contributed by atoms with E-state index in [1.165, 1.54) is 14.2 Å². The number of hydrogen-bond donors (Lipinski definition) is 0. The summed E-state index contributed by atoms with van der Waals surface area (Å²) in [5.74, 6) is -0.186. The van der Waals surface area contributed by atoms with Crippen molar-refractivity contribution in [1.82, 2.24) is 24.7 Å². The first-order chi connectivity index (χ1) is 22.7. The van der Waals surface area contributed by atoms with Crippen LogP contribution in [-0.2, 0) is 16.1 Å². The molecule has 47 heavy (non-hydrogen) atoms. The molecule has 2 aromatic carbocycles. The number of fused-ring (bicyclic) bond motifs is 1. The van der Waals surface area contributed by atoms with E-state index in [4.69, 9.17) is 18.9 Å². The number of alkyl halides is 3. The van der Waals surface area contributed by atoms with Crippen LogP contribution >= 0.6 is 0 Å². The zero-order valence-corrected chi connectivity index (χ0v) is 26.6. The third-order valence-electron chi connectivity index (χ3n) is 9.20. The Morgan fingerprint density at radius 3 is 2.21 bits per heavy atom. The molecule has 1 aromatic heterocycles. The van der Waals surface area contributed by atoms with E-state index in [0.717, 1.165) is 17.5 Å². The van der Waals surface area contributed by atoms with E-state index in [2.05, 4.69) is 44.0 Å². The zero-order valence-electron chi connectivity index (χ0n) is 26.6. The lowest BCUT2D eigenvalue weighted by atomic mass is 9.81. The van der Waals surface area contributed by atoms with Gasteiger partial charge in [-0.05, 0) is 17.5 Å². The number of hydrogen-bond acceptors (Lipinski definition) is 9. The van der Waals surface area contributed by atoms with E-state index in [-0.39, 0.29) is 54.1 Å². The summed E-state index contributed by atoms with van der Waals surface area (Å²) in [6.07, 6.45) is -3.85. The topological polar surface area (TPSA) is 89.5 Å². The van der Waals surface area contributed by atoms with Gasteiger partial charge in [-0.2, -0.15) is 23.1 Å². The molecule has 10 nitrogen and oxygen atoms in total. The molecule has 3 aliphatic rings. The number of piperazine rings is 2. The Hall–Kier alpha value is -3.94. The Kier molecular flexibility index (Phi) is 10.1. The molecule has 1 amide bonds. The van der Waals surface area contributed by atoms with Crippen LogP contribution in [0.5, 0.6) is 17.8 Å². The van der Waals surface area contributed by atoms with Crippen LogP contribution in [0.1, 0.15) is 29.0 Å². The quantitative estimate of drug-likeness (QED) is 0.322. The van der Waals surface area contributed by atoms with Gasteiger partial charge in [-0.3, -0.25) is 14.6 Å². The van der Waals surface area contributed by atoms with Crippen molar-refractivity contribution < 1.29 is 36.9 Å². The molecule has 3 aromatic rings. The van der Waals surface area contributed by atoms with Gasteiger partial charge in [-0.25, -0.2) is 0 Å². The molecule has 3 atom stereocenters. The van der Waals surface area contributed by atoms with Crippen LogP contribution in [0.25, 0.3) is 0 Å². The molecule has 0 bridgehead atoms. The van der Waals surface area contributed by atoms with Crippen LogP contribution in [-0.4, -0.2) is 116 Å². The molecule has 0 saturated carbocycles. The lowest BCUT2D eigenvalue weighted by Crippen LogP contribution is -2.67. The lowest BCUT2D eigenvalue weighted by molar-refractivity contribution is -0.154. The largest absolute Gasteiger partial charge is 0.481 e. The molecule has 0 N–H and O–H groups in total. The van der Waals surface area contributed by atoms with E-state index in [1.807, 2.05) is 41.3 Å². The second kappa shape index (κ2) is 14.4. The molecule has 0 aliphatic carbocycles. The Bertz CT molecular complexity index is 1450. The van der Waals surface area contributed by atoms with E-state index in [9.17, 15) is 18.0 Å². The fourth-order valence-corrected chi connectivity index (χ4v) is 7.10. The van der Waals surface area contributed by atoms with E-state index < -0.39 is 12.8 Å². The molecular formula is C34H40F3N5O5. The van der Waals surface area contributed by atoms with Gasteiger partial charge in [0.1, 0.15) is 0 Å². The highest BCUT2D eigenvalue weighted by Crippen LogP contribution is 2.38. The van der Waals surface area contributed by atoms with Gasteiger partial charge >= 0.3 is 12.2 Å². The van der Waals surface area contributed by atoms with Crippen LogP contribution in [0.3, 0.4) is 0 Å². The average molecular weight is 656 g/mol. The first-order valence-electron chi connectivity index (χ1n) is 15.9. The molecule has 4 heterocycles. The van der Waals surface area contributed by atoms with E-state index in [1.54, 1.807) is 0 Å². The normalized spacial score (nSPS) is 22.3. The van der Waals surface area contributed by atoms with Crippen molar-refractivity contribution in [2.75, 3.05) is 66.8 Å². The second-order valence-corrected chi connectivity index (χ2v) is 12.2. The number of aromatic nitrogens is 2. The summed E-state index contributed by atoms with van der Waals surface area (Å²) in [5.41, 5.74) is 2.61. The van der Waals surface area contributed by atoms with Crippen LogP contribution in [0, 0.1) is 5.92 Å². The maximum atomic E-state index is 13.5. The average Bonchev–Trinajstić information content (AvgIpc) is 3.63. The van der Waals surface area contributed by atoms with E-state index in [0.29, 0.717) is 51.5 Å². The SMILES string of the molecule is COc1nc(OC)c(CN2C[C@@H]3CN(C(=O)C4CCOC4)CCN3[C@H](C(c3ccccc3)c3ccccc3)C2)c(OCC(F)(F)F)n1. The van der Waals surface area contributed by atoms with Gasteiger partial charge in [-0.1, -0.05) is 60.7 Å². The number of nitrogens with zero attached hydrogens (tertiary/aromatic N) is 5. The molecule has 3 saturated heterocycles. The number of ether oxygens (including phenoxy) is 4. The van der Waals surface area contributed by atoms with Gasteiger partial charge in [0.05, 0.1) is 32.3 Å². The van der Waals surface area contributed by atoms with Crippen LogP contribution in [0.2, 0.25) is 0 Å². The molecule has 6 rings (SSSR count). The molecule has 0 radical (unpaired) electrons. The highest BCUT2D eigenvalue weighted by Gasteiger charge is 2.44. The highest BCUT2D eigenvalue weighted by atomic mass is 19.4. The van der Waals surface area contributed by atoms with Crippen molar-refractivity contribution in [3.63, 3.8) is 0 Å². The van der Waals surface area contributed by atoms with Crippen molar-refractivity contribution in [2.24, 2.45) is 5.92 Å². The fourth-order valence-electron chi connectivity index (χ4n) is 7.10. The Labute approximate surface area is 272 Å². The molecule has 252 valence electrons. The number of rotatable bonds is 10. The number of benzene rings is 2. The third kappa shape index (κ3) is 7.63. The van der Waals surface area contributed by atoms with E-state index >= 15 is 0 Å². The fraction of sp³-hybridized carbons (Fsp3) is 0.500. The van der Waals surface area contributed by atoms with Crippen molar-refractivity contribution in [1.29, 1.82) is 0 Å². The summed E-state index contributed by atoms with van der Waals surface area (Å²) in [6, 6.07) is 20.5. The summed E-state index contributed by atoms with van der Waals surface area (Å²) in [7, 11) is 2.73. The Morgan fingerprint density at radius 1 is 0.936 bits per heavy atom. The summed E-state index contributed by atoms with van der Waals surface area (Å²) >= 11 is 0. The van der Waals surface area contributed by atoms with Crippen molar-refractivity contribution in [2.45, 2.75) is 37.1 Å². The number of methoxy groups -OCH3 is 2. The van der Waals surface area contributed by atoms with Crippen LogP contribution in [0.4, 0.5) is 13.2 Å². The monoisotopic (exact) mass is 655 g/mol. The molecule has 13 heteroatoms. The predicted molar refractivity (Wildman–Crippen MR) is 166 cm³/mol. The first-order valence-corrected chi connectivity index (χ1v) is 15.9. The molecule has 0 spiro atoms. The Balaban J connectivity index is 1.36. The van der Waals surface area contributed by atoms with Gasteiger partial charge < -0.3 is 23.8 Å². The zero-order chi connectivity index (χ0) is 33.0. The van der Waals surface area contributed by atoms with Gasteiger partial charge in [-0.15, -0.1) is 0 Å². The highest BCUT2D eigenvalue weighted by molar-refractivity contribution is 5.79. The maximum Gasteiger partial charge on any atom is 0.422 e. The first kappa shape index (κ1) is 33.0. The predicted octanol–water partition coefficient (Wildman–Crippen LogP) is 4.00.